The lowest BCUT2D eigenvalue weighted by molar-refractivity contribution is -0.127. The third kappa shape index (κ3) is 3.71. The van der Waals surface area contributed by atoms with Crippen molar-refractivity contribution in [2.75, 3.05) is 12.3 Å². The zero-order chi connectivity index (χ0) is 18.8. The molecule has 1 atom stereocenters. The number of imide groups is 1. The van der Waals surface area contributed by atoms with E-state index < -0.39 is 6.04 Å². The molecule has 1 fully saturated rings. The first-order valence-corrected chi connectivity index (χ1v) is 9.97. The first-order valence-electron chi connectivity index (χ1n) is 8.98. The van der Waals surface area contributed by atoms with Crippen molar-refractivity contribution in [3.05, 3.63) is 65.9 Å². The van der Waals surface area contributed by atoms with Crippen LogP contribution in [0.15, 0.2) is 59.6 Å². The van der Waals surface area contributed by atoms with E-state index in [-0.39, 0.29) is 11.9 Å². The van der Waals surface area contributed by atoms with Crippen LogP contribution in [0.4, 0.5) is 4.79 Å². The molecule has 138 valence electrons. The van der Waals surface area contributed by atoms with Gasteiger partial charge < -0.3 is 10.3 Å². The average Bonchev–Trinajstić information content (AvgIpc) is 3.19. The summed E-state index contributed by atoms with van der Waals surface area (Å²) >= 11 is 1.65. The van der Waals surface area contributed by atoms with Crippen LogP contribution in [0, 0.1) is 6.92 Å². The smallest absolute Gasteiger partial charge is 0.324 e. The van der Waals surface area contributed by atoms with Gasteiger partial charge in [0.05, 0.1) is 0 Å². The fourth-order valence-corrected chi connectivity index (χ4v) is 4.17. The van der Waals surface area contributed by atoms with Crippen molar-refractivity contribution in [3.8, 4) is 0 Å². The minimum absolute atomic E-state index is 0.144. The summed E-state index contributed by atoms with van der Waals surface area (Å²) in [6.07, 6.45) is 2.41. The average molecular weight is 379 g/mol. The van der Waals surface area contributed by atoms with Gasteiger partial charge in [-0.05, 0) is 30.7 Å². The summed E-state index contributed by atoms with van der Waals surface area (Å²) < 4.78 is 0. The Bertz CT molecular complexity index is 981. The summed E-state index contributed by atoms with van der Waals surface area (Å²) in [5.41, 5.74) is 3.30. The van der Waals surface area contributed by atoms with Crippen molar-refractivity contribution in [1.82, 2.24) is 15.2 Å². The maximum Gasteiger partial charge on any atom is 0.324 e. The van der Waals surface area contributed by atoms with Gasteiger partial charge in [0, 0.05) is 40.7 Å². The molecule has 0 saturated carbocycles. The molecule has 0 unspecified atom stereocenters. The van der Waals surface area contributed by atoms with Crippen molar-refractivity contribution in [2.24, 2.45) is 0 Å². The topological polar surface area (TPSA) is 65.2 Å². The van der Waals surface area contributed by atoms with Crippen molar-refractivity contribution in [3.63, 3.8) is 0 Å². The maximum absolute atomic E-state index is 12.7. The molecule has 1 aliphatic heterocycles. The SMILES string of the molecule is Cc1ccc(SCCN2C(=O)N[C@H](Cc3c[nH]c4ccccc34)C2=O)cc1. The number of rotatable bonds is 6. The van der Waals surface area contributed by atoms with Gasteiger partial charge in [0.25, 0.3) is 5.91 Å². The largest absolute Gasteiger partial charge is 0.361 e. The summed E-state index contributed by atoms with van der Waals surface area (Å²) in [5.74, 6) is 0.539. The molecule has 0 aliphatic carbocycles. The van der Waals surface area contributed by atoms with Crippen molar-refractivity contribution in [2.45, 2.75) is 24.3 Å². The number of thioether (sulfide) groups is 1. The number of nitrogens with one attached hydrogen (secondary N) is 2. The molecule has 27 heavy (non-hydrogen) atoms. The number of para-hydroxylation sites is 1. The second-order valence-electron chi connectivity index (χ2n) is 6.72. The normalized spacial score (nSPS) is 16.9. The van der Waals surface area contributed by atoms with Crippen LogP contribution in [-0.2, 0) is 11.2 Å². The molecule has 1 aliphatic rings. The zero-order valence-corrected chi connectivity index (χ0v) is 15.9. The molecule has 0 spiro atoms. The minimum Gasteiger partial charge on any atom is -0.361 e. The van der Waals surface area contributed by atoms with Crippen LogP contribution in [0.2, 0.25) is 0 Å². The molecule has 2 heterocycles. The van der Waals surface area contributed by atoms with E-state index in [1.807, 2.05) is 30.5 Å². The van der Waals surface area contributed by atoms with Crippen LogP contribution in [0.3, 0.4) is 0 Å². The lowest BCUT2D eigenvalue weighted by atomic mass is 10.1. The second-order valence-corrected chi connectivity index (χ2v) is 7.89. The Labute approximate surface area is 162 Å². The van der Waals surface area contributed by atoms with Crippen molar-refractivity contribution < 1.29 is 9.59 Å². The number of H-pyrrole nitrogens is 1. The lowest BCUT2D eigenvalue weighted by Crippen LogP contribution is -2.34. The number of aromatic amines is 1. The maximum atomic E-state index is 12.7. The Kier molecular flexibility index (Phi) is 4.90. The first kappa shape index (κ1) is 17.7. The van der Waals surface area contributed by atoms with Crippen LogP contribution in [0.1, 0.15) is 11.1 Å². The molecule has 2 aromatic carbocycles. The number of benzene rings is 2. The highest BCUT2D eigenvalue weighted by Gasteiger charge is 2.37. The highest BCUT2D eigenvalue weighted by Crippen LogP contribution is 2.22. The molecule has 0 radical (unpaired) electrons. The van der Waals surface area contributed by atoms with E-state index >= 15 is 0 Å². The predicted octanol–water partition coefficient (Wildman–Crippen LogP) is 3.73. The van der Waals surface area contributed by atoms with Gasteiger partial charge in [-0.15, -0.1) is 11.8 Å². The number of urea groups is 1. The first-order chi connectivity index (χ1) is 13.1. The molecule has 3 aromatic rings. The van der Waals surface area contributed by atoms with Crippen LogP contribution in [-0.4, -0.2) is 40.2 Å². The molecule has 1 saturated heterocycles. The Morgan fingerprint density at radius 3 is 2.67 bits per heavy atom. The number of hydrogen-bond acceptors (Lipinski definition) is 3. The lowest BCUT2D eigenvalue weighted by Gasteiger charge is -2.12. The van der Waals surface area contributed by atoms with Crippen LogP contribution in [0.5, 0.6) is 0 Å². The zero-order valence-electron chi connectivity index (χ0n) is 15.1. The van der Waals surface area contributed by atoms with Gasteiger partial charge in [0.1, 0.15) is 6.04 Å². The van der Waals surface area contributed by atoms with Crippen molar-refractivity contribution >= 4 is 34.6 Å². The summed E-state index contributed by atoms with van der Waals surface area (Å²) in [4.78, 5) is 30.6. The van der Waals surface area contributed by atoms with Gasteiger partial charge in [0.15, 0.2) is 0 Å². The number of hydrogen-bond donors (Lipinski definition) is 2. The van der Waals surface area contributed by atoms with E-state index in [2.05, 4.69) is 41.5 Å². The molecule has 5 nitrogen and oxygen atoms in total. The summed E-state index contributed by atoms with van der Waals surface area (Å²) in [7, 11) is 0. The molecule has 6 heteroatoms. The van der Waals surface area contributed by atoms with Crippen LogP contribution < -0.4 is 5.32 Å². The molecule has 3 amide bonds. The quantitative estimate of drug-likeness (QED) is 0.507. The van der Waals surface area contributed by atoms with E-state index in [1.165, 1.54) is 10.5 Å². The van der Waals surface area contributed by atoms with Crippen LogP contribution >= 0.6 is 11.8 Å². The fraction of sp³-hybridized carbons (Fsp3) is 0.238. The van der Waals surface area contributed by atoms with E-state index in [1.54, 1.807) is 11.8 Å². The number of carbonyl (C=O) groups is 2. The monoisotopic (exact) mass is 379 g/mol. The second kappa shape index (κ2) is 7.48. The number of carbonyl (C=O) groups excluding carboxylic acids is 2. The third-order valence-electron chi connectivity index (χ3n) is 4.81. The molecular weight excluding hydrogens is 358 g/mol. The fourth-order valence-electron chi connectivity index (χ4n) is 3.34. The Morgan fingerprint density at radius 1 is 1.07 bits per heavy atom. The molecular formula is C21H21N3O2S. The molecule has 0 bridgehead atoms. The highest BCUT2D eigenvalue weighted by atomic mass is 32.2. The van der Waals surface area contributed by atoms with E-state index in [0.29, 0.717) is 18.7 Å². The molecule has 1 aromatic heterocycles. The summed E-state index contributed by atoms with van der Waals surface area (Å²) in [5, 5.41) is 3.92. The van der Waals surface area contributed by atoms with Gasteiger partial charge in [0.2, 0.25) is 0 Å². The number of nitrogens with zero attached hydrogens (tertiary/aromatic N) is 1. The number of aryl methyl sites for hydroxylation is 1. The number of aromatic nitrogens is 1. The van der Waals surface area contributed by atoms with E-state index in [0.717, 1.165) is 21.4 Å². The van der Waals surface area contributed by atoms with Crippen LogP contribution in [0.25, 0.3) is 10.9 Å². The van der Waals surface area contributed by atoms with Crippen molar-refractivity contribution in [1.29, 1.82) is 0 Å². The predicted molar refractivity (Wildman–Crippen MR) is 108 cm³/mol. The Balaban J connectivity index is 1.37. The Morgan fingerprint density at radius 2 is 1.85 bits per heavy atom. The number of amides is 3. The van der Waals surface area contributed by atoms with Gasteiger partial charge in [-0.3, -0.25) is 9.69 Å². The van der Waals surface area contributed by atoms with E-state index in [4.69, 9.17) is 0 Å². The Hall–Kier alpha value is -2.73. The van der Waals surface area contributed by atoms with Gasteiger partial charge in [-0.1, -0.05) is 35.9 Å². The molecule has 4 rings (SSSR count). The standard InChI is InChI=1S/C21H21N3O2S/c1-14-6-8-16(9-7-14)27-11-10-24-20(25)19(23-21(24)26)12-15-13-22-18-5-3-2-4-17(15)18/h2-9,13,19,22H,10-12H2,1H3,(H,23,26)/t19-/m1/s1. The summed E-state index contributed by atoms with van der Waals surface area (Å²) in [6, 6.07) is 15.4. The number of fused-ring (bicyclic) bond motifs is 1. The van der Waals surface area contributed by atoms with Gasteiger partial charge in [-0.25, -0.2) is 4.79 Å². The van der Waals surface area contributed by atoms with Gasteiger partial charge >= 0.3 is 6.03 Å². The molecule has 2 N–H and O–H groups in total. The van der Waals surface area contributed by atoms with Gasteiger partial charge in [-0.2, -0.15) is 0 Å². The minimum atomic E-state index is -0.499. The highest BCUT2D eigenvalue weighted by molar-refractivity contribution is 7.99. The van der Waals surface area contributed by atoms with E-state index in [9.17, 15) is 9.59 Å². The summed E-state index contributed by atoms with van der Waals surface area (Å²) in [6.45, 7) is 2.46. The third-order valence-corrected chi connectivity index (χ3v) is 5.80.